The fraction of sp³-hybridized carbons (Fsp3) is 0.333. The third-order valence-electron chi connectivity index (χ3n) is 3.29. The summed E-state index contributed by atoms with van der Waals surface area (Å²) in [7, 11) is 0. The van der Waals surface area contributed by atoms with Crippen LogP contribution in [0.1, 0.15) is 22.5 Å². The monoisotopic (exact) mass is 356 g/mol. The molecule has 0 fully saturated rings. The zero-order valence-electron chi connectivity index (χ0n) is 13.0. The van der Waals surface area contributed by atoms with Crippen molar-refractivity contribution in [3.05, 3.63) is 47.8 Å². The number of aromatic carboxylic acids is 1. The van der Waals surface area contributed by atoms with E-state index in [0.29, 0.717) is 5.56 Å². The minimum atomic E-state index is -4.39. The predicted octanol–water partition coefficient (Wildman–Crippen LogP) is 1.96. The van der Waals surface area contributed by atoms with Gasteiger partial charge in [-0.3, -0.25) is 4.79 Å². The molecule has 7 nitrogen and oxygen atoms in total. The van der Waals surface area contributed by atoms with Gasteiger partial charge in [-0.2, -0.15) is 13.2 Å². The summed E-state index contributed by atoms with van der Waals surface area (Å²) in [4.78, 5) is 24.1. The second-order valence-corrected chi connectivity index (χ2v) is 5.27. The summed E-state index contributed by atoms with van der Waals surface area (Å²) in [6.07, 6.45) is -4.48. The van der Waals surface area contributed by atoms with Crippen LogP contribution in [0.25, 0.3) is 0 Å². The van der Waals surface area contributed by atoms with E-state index < -0.39 is 37.6 Å². The van der Waals surface area contributed by atoms with Crippen molar-refractivity contribution in [3.63, 3.8) is 0 Å². The number of alkyl halides is 3. The highest BCUT2D eigenvalue weighted by molar-refractivity contribution is 5.84. The van der Waals surface area contributed by atoms with Crippen LogP contribution in [0.2, 0.25) is 0 Å². The average molecular weight is 356 g/mol. The summed E-state index contributed by atoms with van der Waals surface area (Å²) in [5.74, 6) is -1.92. The molecule has 0 saturated heterocycles. The summed E-state index contributed by atoms with van der Waals surface area (Å²) in [5, 5.41) is 15.6. The molecular weight excluding hydrogens is 341 g/mol. The Hall–Kier alpha value is -2.91. The third kappa shape index (κ3) is 5.90. The molecule has 0 spiro atoms. The number of nitrogens with zero attached hydrogens (tertiary/aromatic N) is 4. The number of hydrogen-bond acceptors (Lipinski definition) is 4. The molecule has 10 heteroatoms. The zero-order valence-corrected chi connectivity index (χ0v) is 13.0. The van der Waals surface area contributed by atoms with E-state index in [1.165, 1.54) is 0 Å². The van der Waals surface area contributed by atoms with Gasteiger partial charge in [0.2, 0.25) is 5.91 Å². The lowest BCUT2D eigenvalue weighted by Gasteiger charge is -2.23. The maximum atomic E-state index is 12.5. The van der Waals surface area contributed by atoms with Crippen LogP contribution < -0.4 is 0 Å². The van der Waals surface area contributed by atoms with Gasteiger partial charge in [-0.15, -0.1) is 5.10 Å². The van der Waals surface area contributed by atoms with Gasteiger partial charge in [0.25, 0.3) is 0 Å². The van der Waals surface area contributed by atoms with Crippen LogP contribution in [0.5, 0.6) is 0 Å². The van der Waals surface area contributed by atoms with Crippen LogP contribution in [0.3, 0.4) is 0 Å². The number of benzene rings is 1. The van der Waals surface area contributed by atoms with Gasteiger partial charge in [-0.05, 0) is 5.56 Å². The molecule has 0 atom stereocenters. The molecular formula is C15H15F3N4O3. The van der Waals surface area contributed by atoms with Crippen LogP contribution in [0.4, 0.5) is 13.2 Å². The Morgan fingerprint density at radius 3 is 2.44 bits per heavy atom. The number of amides is 1. The van der Waals surface area contributed by atoms with Crippen molar-refractivity contribution in [2.75, 3.05) is 6.54 Å². The number of carboxylic acid groups (broad SMARTS) is 1. The lowest BCUT2D eigenvalue weighted by Crippen LogP contribution is -2.36. The maximum Gasteiger partial charge on any atom is 0.390 e. The Bertz CT molecular complexity index is 731. The number of hydrogen-bond donors (Lipinski definition) is 1. The van der Waals surface area contributed by atoms with E-state index >= 15 is 0 Å². The first-order valence-electron chi connectivity index (χ1n) is 7.26. The lowest BCUT2D eigenvalue weighted by molar-refractivity contribution is -0.146. The minimum absolute atomic E-state index is 0.0102. The van der Waals surface area contributed by atoms with Crippen LogP contribution in [-0.4, -0.2) is 49.6 Å². The largest absolute Gasteiger partial charge is 0.476 e. The van der Waals surface area contributed by atoms with Crippen LogP contribution >= 0.6 is 0 Å². The molecule has 1 amide bonds. The summed E-state index contributed by atoms with van der Waals surface area (Å²) in [6.45, 7) is -0.890. The molecule has 0 saturated carbocycles. The molecule has 1 heterocycles. The second-order valence-electron chi connectivity index (χ2n) is 5.27. The van der Waals surface area contributed by atoms with Crippen LogP contribution in [0.15, 0.2) is 36.5 Å². The first-order chi connectivity index (χ1) is 11.7. The highest BCUT2D eigenvalue weighted by atomic mass is 19.4. The number of carboxylic acids is 1. The van der Waals surface area contributed by atoms with E-state index in [4.69, 9.17) is 5.11 Å². The number of carbonyl (C=O) groups is 2. The highest BCUT2D eigenvalue weighted by Crippen LogP contribution is 2.20. The van der Waals surface area contributed by atoms with E-state index in [9.17, 15) is 22.8 Å². The number of rotatable bonds is 7. The fourth-order valence-corrected chi connectivity index (χ4v) is 2.07. The predicted molar refractivity (Wildman–Crippen MR) is 79.5 cm³/mol. The molecule has 1 aromatic heterocycles. The average Bonchev–Trinajstić information content (AvgIpc) is 3.00. The number of aromatic nitrogens is 3. The summed E-state index contributed by atoms with van der Waals surface area (Å²) >= 11 is 0. The topological polar surface area (TPSA) is 88.3 Å². The normalized spacial score (nSPS) is 11.3. The van der Waals surface area contributed by atoms with Gasteiger partial charge < -0.3 is 10.0 Å². The van der Waals surface area contributed by atoms with Crippen molar-refractivity contribution in [3.8, 4) is 0 Å². The van der Waals surface area contributed by atoms with E-state index in [-0.39, 0.29) is 12.2 Å². The second kappa shape index (κ2) is 7.77. The summed E-state index contributed by atoms with van der Waals surface area (Å²) < 4.78 is 38.5. The Labute approximate surface area is 140 Å². The van der Waals surface area contributed by atoms with Crippen molar-refractivity contribution in [1.29, 1.82) is 0 Å². The quantitative estimate of drug-likeness (QED) is 0.819. The molecule has 134 valence electrons. The Balaban J connectivity index is 2.08. The van der Waals surface area contributed by atoms with E-state index in [0.717, 1.165) is 15.8 Å². The van der Waals surface area contributed by atoms with Crippen molar-refractivity contribution < 1.29 is 27.9 Å². The standard InChI is InChI=1S/C15H15F3N4O3/c16-15(17,18)6-7-21(8-11-4-2-1-3-5-11)13(23)10-22-9-12(14(24)25)19-20-22/h1-5,9H,6-8,10H2,(H,24,25). The molecule has 0 aliphatic heterocycles. The Morgan fingerprint density at radius 2 is 1.88 bits per heavy atom. The van der Waals surface area contributed by atoms with Crippen molar-refractivity contribution in [2.45, 2.75) is 25.7 Å². The van der Waals surface area contributed by atoms with E-state index in [1.807, 2.05) is 0 Å². The number of carbonyl (C=O) groups excluding carboxylic acids is 1. The molecule has 2 rings (SSSR count). The smallest absolute Gasteiger partial charge is 0.390 e. The van der Waals surface area contributed by atoms with Gasteiger partial charge in [0.1, 0.15) is 6.54 Å². The first kappa shape index (κ1) is 18.4. The molecule has 0 unspecified atom stereocenters. The van der Waals surface area contributed by atoms with Gasteiger partial charge in [0, 0.05) is 13.1 Å². The number of halogens is 3. The van der Waals surface area contributed by atoms with Gasteiger partial charge in [-0.25, -0.2) is 9.48 Å². The molecule has 25 heavy (non-hydrogen) atoms. The molecule has 0 aliphatic carbocycles. The van der Waals surface area contributed by atoms with Crippen molar-refractivity contribution >= 4 is 11.9 Å². The van der Waals surface area contributed by atoms with Gasteiger partial charge in [0.05, 0.1) is 12.6 Å². The lowest BCUT2D eigenvalue weighted by atomic mass is 10.2. The van der Waals surface area contributed by atoms with Crippen molar-refractivity contribution in [2.24, 2.45) is 0 Å². The highest BCUT2D eigenvalue weighted by Gasteiger charge is 2.29. The molecule has 1 N–H and O–H groups in total. The Kier molecular flexibility index (Phi) is 5.73. The molecule has 1 aromatic carbocycles. The SMILES string of the molecule is O=C(O)c1cn(CC(=O)N(CCC(F)(F)F)Cc2ccccc2)nn1. The minimum Gasteiger partial charge on any atom is -0.476 e. The third-order valence-corrected chi connectivity index (χ3v) is 3.29. The fourth-order valence-electron chi connectivity index (χ4n) is 2.07. The Morgan fingerprint density at radius 1 is 1.20 bits per heavy atom. The summed E-state index contributed by atoms with van der Waals surface area (Å²) in [5.41, 5.74) is 0.334. The first-order valence-corrected chi connectivity index (χ1v) is 7.26. The van der Waals surface area contributed by atoms with Gasteiger partial charge in [-0.1, -0.05) is 35.5 Å². The van der Waals surface area contributed by atoms with Crippen LogP contribution in [0, 0.1) is 0 Å². The summed E-state index contributed by atoms with van der Waals surface area (Å²) in [6, 6.07) is 8.60. The van der Waals surface area contributed by atoms with E-state index in [1.54, 1.807) is 30.3 Å². The van der Waals surface area contributed by atoms with Crippen molar-refractivity contribution in [1.82, 2.24) is 19.9 Å². The van der Waals surface area contributed by atoms with Crippen LogP contribution in [-0.2, 0) is 17.9 Å². The van der Waals surface area contributed by atoms with Gasteiger partial charge >= 0.3 is 12.1 Å². The van der Waals surface area contributed by atoms with Gasteiger partial charge in [0.15, 0.2) is 5.69 Å². The molecule has 0 bridgehead atoms. The van der Waals surface area contributed by atoms with E-state index in [2.05, 4.69) is 10.3 Å². The zero-order chi connectivity index (χ0) is 18.4. The molecule has 2 aromatic rings. The maximum absolute atomic E-state index is 12.5. The molecule has 0 radical (unpaired) electrons. The molecule has 0 aliphatic rings.